The summed E-state index contributed by atoms with van der Waals surface area (Å²) < 4.78 is 12.4. The van der Waals surface area contributed by atoms with Gasteiger partial charge in [0.2, 0.25) is 5.91 Å². The highest BCUT2D eigenvalue weighted by molar-refractivity contribution is 7.99. The van der Waals surface area contributed by atoms with Crippen LogP contribution in [0.3, 0.4) is 0 Å². The van der Waals surface area contributed by atoms with Gasteiger partial charge in [-0.05, 0) is 81.3 Å². The van der Waals surface area contributed by atoms with Gasteiger partial charge in [0.25, 0.3) is 5.56 Å². The number of carbonyl (C=O) groups is 1. The number of hydrogen-bond acceptors (Lipinski definition) is 8. The molecule has 0 saturated heterocycles. The quantitative estimate of drug-likeness (QED) is 0.217. The second kappa shape index (κ2) is 11.8. The van der Waals surface area contributed by atoms with Crippen molar-refractivity contribution in [3.63, 3.8) is 0 Å². The third-order valence-corrected chi connectivity index (χ3v) is 8.76. The van der Waals surface area contributed by atoms with E-state index in [9.17, 15) is 9.59 Å². The fourth-order valence-corrected chi connectivity index (χ4v) is 6.77. The van der Waals surface area contributed by atoms with E-state index >= 15 is 0 Å². The summed E-state index contributed by atoms with van der Waals surface area (Å²) in [6, 6.07) is 15.0. The van der Waals surface area contributed by atoms with Crippen molar-refractivity contribution in [1.82, 2.24) is 14.5 Å². The lowest BCUT2D eigenvalue weighted by molar-refractivity contribution is -0.113. The minimum absolute atomic E-state index is 0.102. The van der Waals surface area contributed by atoms with Crippen LogP contribution in [-0.4, -0.2) is 52.4 Å². The molecule has 204 valence electrons. The van der Waals surface area contributed by atoms with E-state index < -0.39 is 0 Å². The number of ether oxygens (including phenoxy) is 2. The Hall–Kier alpha value is -3.34. The van der Waals surface area contributed by atoms with Gasteiger partial charge in [-0.15, -0.1) is 11.3 Å². The summed E-state index contributed by atoms with van der Waals surface area (Å²) in [6.07, 6.45) is 0.823. The van der Waals surface area contributed by atoms with Gasteiger partial charge in [0.1, 0.15) is 16.3 Å². The van der Waals surface area contributed by atoms with Crippen LogP contribution in [0.15, 0.2) is 58.5 Å². The molecule has 8 nitrogen and oxygen atoms in total. The zero-order valence-electron chi connectivity index (χ0n) is 22.5. The Morgan fingerprint density at radius 2 is 1.85 bits per heavy atom. The summed E-state index contributed by atoms with van der Waals surface area (Å²) >= 11 is 2.84. The molecule has 0 saturated carbocycles. The van der Waals surface area contributed by atoms with E-state index in [0.717, 1.165) is 35.7 Å². The third kappa shape index (κ3) is 5.83. The molecular weight excluding hydrogens is 532 g/mol. The monoisotopic (exact) mass is 564 g/mol. The van der Waals surface area contributed by atoms with Gasteiger partial charge in [0.05, 0.1) is 30.5 Å². The number of hydrogen-bond donors (Lipinski definition) is 1. The molecule has 0 bridgehead atoms. The second-order valence-corrected chi connectivity index (χ2v) is 11.6. The van der Waals surface area contributed by atoms with Gasteiger partial charge < -0.3 is 14.8 Å². The Labute approximate surface area is 236 Å². The van der Waals surface area contributed by atoms with Crippen molar-refractivity contribution in [2.24, 2.45) is 0 Å². The molecule has 1 N–H and O–H groups in total. The standard InChI is InChI=1S/C29H32N4O4S2/c1-5-37-22-10-6-19(7-11-22)30-25(34)17-38-29-31-27-26(23-14-15-32(18(2)3)16-24(23)39-27)28(35)33(29)20-8-12-21(36-4)13-9-20/h6-13,18H,5,14-17H2,1-4H3,(H,30,34). The Bertz CT molecular complexity index is 1530. The average molecular weight is 565 g/mol. The first kappa shape index (κ1) is 27.2. The normalized spacial score (nSPS) is 13.5. The number of carbonyl (C=O) groups excluding carboxylic acids is 1. The minimum atomic E-state index is -0.183. The fraction of sp³-hybridized carbons (Fsp3) is 0.345. The number of aromatic nitrogens is 2. The van der Waals surface area contributed by atoms with E-state index in [1.54, 1.807) is 23.0 Å². The van der Waals surface area contributed by atoms with Crippen LogP contribution in [0.5, 0.6) is 11.5 Å². The zero-order valence-corrected chi connectivity index (χ0v) is 24.2. The molecule has 3 heterocycles. The van der Waals surface area contributed by atoms with Crippen molar-refractivity contribution < 1.29 is 14.3 Å². The van der Waals surface area contributed by atoms with Crippen LogP contribution in [0, 0.1) is 0 Å². The SMILES string of the molecule is CCOc1ccc(NC(=O)CSc2nc3sc4c(c3c(=O)n2-c2ccc(OC)cc2)CCN(C(C)C)C4)cc1. The van der Waals surface area contributed by atoms with Gasteiger partial charge >= 0.3 is 0 Å². The van der Waals surface area contributed by atoms with Crippen molar-refractivity contribution in [3.8, 4) is 17.2 Å². The smallest absolute Gasteiger partial charge is 0.267 e. The predicted molar refractivity (Wildman–Crippen MR) is 158 cm³/mol. The number of thioether (sulfide) groups is 1. The molecule has 0 aliphatic carbocycles. The van der Waals surface area contributed by atoms with Crippen molar-refractivity contribution in [2.75, 3.05) is 31.3 Å². The molecule has 1 aliphatic heterocycles. The maximum atomic E-state index is 14.0. The predicted octanol–water partition coefficient (Wildman–Crippen LogP) is 5.35. The van der Waals surface area contributed by atoms with Crippen molar-refractivity contribution in [3.05, 3.63) is 69.3 Å². The number of anilines is 1. The lowest BCUT2D eigenvalue weighted by Crippen LogP contribution is -2.35. The van der Waals surface area contributed by atoms with Crippen LogP contribution in [0.2, 0.25) is 0 Å². The van der Waals surface area contributed by atoms with Gasteiger partial charge in [-0.1, -0.05) is 11.8 Å². The molecule has 2 aromatic heterocycles. The van der Waals surface area contributed by atoms with E-state index in [0.29, 0.717) is 40.3 Å². The molecule has 0 atom stereocenters. The Balaban J connectivity index is 1.47. The third-order valence-electron chi connectivity index (χ3n) is 6.72. The molecule has 1 amide bonds. The lowest BCUT2D eigenvalue weighted by Gasteiger charge is -2.30. The molecule has 0 radical (unpaired) electrons. The second-order valence-electron chi connectivity index (χ2n) is 9.53. The highest BCUT2D eigenvalue weighted by Crippen LogP contribution is 2.35. The van der Waals surface area contributed by atoms with Gasteiger partial charge in [0.15, 0.2) is 5.16 Å². The van der Waals surface area contributed by atoms with Crippen LogP contribution in [0.25, 0.3) is 15.9 Å². The first-order valence-corrected chi connectivity index (χ1v) is 14.8. The average Bonchev–Trinajstić information content (AvgIpc) is 3.31. The highest BCUT2D eigenvalue weighted by atomic mass is 32.2. The fourth-order valence-electron chi connectivity index (χ4n) is 4.67. The summed E-state index contributed by atoms with van der Waals surface area (Å²) in [5, 5.41) is 4.09. The summed E-state index contributed by atoms with van der Waals surface area (Å²) in [7, 11) is 1.61. The first-order valence-electron chi connectivity index (χ1n) is 13.0. The summed E-state index contributed by atoms with van der Waals surface area (Å²) in [5.74, 6) is 1.37. The van der Waals surface area contributed by atoms with Gasteiger partial charge in [-0.3, -0.25) is 19.1 Å². The van der Waals surface area contributed by atoms with Crippen molar-refractivity contribution in [1.29, 1.82) is 0 Å². The molecule has 39 heavy (non-hydrogen) atoms. The number of benzene rings is 2. The molecule has 0 fully saturated rings. The van der Waals surface area contributed by atoms with E-state index in [-0.39, 0.29) is 17.2 Å². The number of thiophene rings is 1. The maximum Gasteiger partial charge on any atom is 0.267 e. The summed E-state index contributed by atoms with van der Waals surface area (Å²) in [4.78, 5) is 36.2. The highest BCUT2D eigenvalue weighted by Gasteiger charge is 2.26. The summed E-state index contributed by atoms with van der Waals surface area (Å²) in [5.41, 5.74) is 2.37. The molecular formula is C29H32N4O4S2. The molecule has 0 spiro atoms. The van der Waals surface area contributed by atoms with Crippen LogP contribution in [-0.2, 0) is 17.8 Å². The van der Waals surface area contributed by atoms with Crippen LogP contribution in [0.1, 0.15) is 31.2 Å². The van der Waals surface area contributed by atoms with Crippen molar-refractivity contribution >= 4 is 44.9 Å². The van der Waals surface area contributed by atoms with Crippen LogP contribution < -0.4 is 20.3 Å². The number of rotatable bonds is 9. The summed E-state index contributed by atoms with van der Waals surface area (Å²) in [6.45, 7) is 8.64. The Kier molecular flexibility index (Phi) is 8.25. The minimum Gasteiger partial charge on any atom is -0.497 e. The van der Waals surface area contributed by atoms with Crippen LogP contribution >= 0.6 is 23.1 Å². The molecule has 2 aromatic carbocycles. The van der Waals surface area contributed by atoms with Crippen LogP contribution in [0.4, 0.5) is 5.69 Å². The molecule has 10 heteroatoms. The lowest BCUT2D eigenvalue weighted by atomic mass is 10.0. The molecule has 1 aliphatic rings. The Morgan fingerprint density at radius 3 is 2.51 bits per heavy atom. The van der Waals surface area contributed by atoms with Gasteiger partial charge in [0, 0.05) is 29.7 Å². The molecule has 0 unspecified atom stereocenters. The van der Waals surface area contributed by atoms with E-state index in [2.05, 4.69) is 24.1 Å². The van der Waals surface area contributed by atoms with Gasteiger partial charge in [-0.25, -0.2) is 4.98 Å². The number of nitrogens with one attached hydrogen (secondary N) is 1. The Morgan fingerprint density at radius 1 is 1.13 bits per heavy atom. The number of methoxy groups -OCH3 is 1. The molecule has 4 aromatic rings. The van der Waals surface area contributed by atoms with Gasteiger partial charge in [-0.2, -0.15) is 0 Å². The number of nitrogens with zero attached hydrogens (tertiary/aromatic N) is 3. The van der Waals surface area contributed by atoms with E-state index in [1.807, 2.05) is 55.5 Å². The van der Waals surface area contributed by atoms with E-state index in [4.69, 9.17) is 14.5 Å². The zero-order chi connectivity index (χ0) is 27.5. The number of amides is 1. The number of fused-ring (bicyclic) bond motifs is 3. The molecule has 5 rings (SSSR count). The van der Waals surface area contributed by atoms with Crippen molar-refractivity contribution in [2.45, 2.75) is 44.9 Å². The maximum absolute atomic E-state index is 14.0. The van der Waals surface area contributed by atoms with E-state index in [1.165, 1.54) is 16.6 Å². The largest absolute Gasteiger partial charge is 0.497 e. The first-order chi connectivity index (χ1) is 18.9. The topological polar surface area (TPSA) is 85.7 Å².